The van der Waals surface area contributed by atoms with E-state index in [1.807, 2.05) is 61.5 Å². The molecule has 1 N–H and O–H groups in total. The van der Waals surface area contributed by atoms with Crippen molar-refractivity contribution in [2.75, 3.05) is 19.4 Å². The molecule has 6 nitrogen and oxygen atoms in total. The monoisotopic (exact) mass is 364 g/mol. The Morgan fingerprint density at radius 3 is 2.08 bits per heavy atom. The van der Waals surface area contributed by atoms with Crippen molar-refractivity contribution in [3.63, 3.8) is 0 Å². The number of anilines is 1. The van der Waals surface area contributed by atoms with Crippen LogP contribution in [0.25, 0.3) is 33.9 Å². The molecule has 0 amide bonds. The number of benzene rings is 1. The molecule has 3 heterocycles. The Morgan fingerprint density at radius 1 is 0.923 bits per heavy atom. The van der Waals surface area contributed by atoms with Crippen molar-refractivity contribution in [3.05, 3.63) is 55.0 Å². The lowest BCUT2D eigenvalue weighted by Crippen LogP contribution is -2.26. The first kappa shape index (κ1) is 16.3. The fraction of sp³-hybridized carbons (Fsp3) is 0.105. The van der Waals surface area contributed by atoms with Crippen LogP contribution in [0.1, 0.15) is 0 Å². The van der Waals surface area contributed by atoms with Crippen LogP contribution >= 0.6 is 12.2 Å². The van der Waals surface area contributed by atoms with E-state index in [4.69, 9.17) is 31.0 Å². The molecule has 0 fully saturated rings. The van der Waals surface area contributed by atoms with Crippen LogP contribution in [0.4, 0.5) is 5.69 Å². The summed E-state index contributed by atoms with van der Waals surface area (Å²) in [4.78, 5) is 11.3. The molecule has 0 atom stereocenters. The van der Waals surface area contributed by atoms with Crippen molar-refractivity contribution >= 4 is 34.1 Å². The Labute approximate surface area is 155 Å². The number of nitrogens with zero attached hydrogens (tertiary/aromatic N) is 3. The first-order valence-electron chi connectivity index (χ1n) is 7.99. The molecule has 7 heteroatoms. The molecule has 0 aliphatic heterocycles. The van der Waals surface area contributed by atoms with Gasteiger partial charge in [0.25, 0.3) is 0 Å². The Balaban J connectivity index is 1.85. The molecule has 4 aromatic rings. The van der Waals surface area contributed by atoms with Crippen LogP contribution in [-0.2, 0) is 0 Å². The number of thiocarbonyl (C=S) groups is 1. The third-order valence-corrected chi connectivity index (χ3v) is 4.30. The first-order valence-corrected chi connectivity index (χ1v) is 8.40. The van der Waals surface area contributed by atoms with Crippen molar-refractivity contribution in [1.82, 2.24) is 14.9 Å². The summed E-state index contributed by atoms with van der Waals surface area (Å²) in [7, 11) is 3.78. The molecule has 0 radical (unpaired) electrons. The maximum absolute atomic E-state index is 5.55. The molecule has 1 aromatic carbocycles. The van der Waals surface area contributed by atoms with Crippen molar-refractivity contribution in [1.29, 1.82) is 0 Å². The molecule has 26 heavy (non-hydrogen) atoms. The molecule has 0 aliphatic rings. The summed E-state index contributed by atoms with van der Waals surface area (Å²) in [6, 6.07) is 13.1. The Bertz CT molecular complexity index is 1060. The molecule has 0 saturated carbocycles. The number of fused-ring (bicyclic) bond motifs is 1. The van der Waals surface area contributed by atoms with Gasteiger partial charge in [0, 0.05) is 19.8 Å². The zero-order valence-corrected chi connectivity index (χ0v) is 15.1. The van der Waals surface area contributed by atoms with E-state index < -0.39 is 0 Å². The summed E-state index contributed by atoms with van der Waals surface area (Å²) >= 11 is 5.30. The lowest BCUT2D eigenvalue weighted by atomic mass is 10.1. The number of nitrogens with one attached hydrogen (secondary N) is 1. The predicted molar refractivity (Wildman–Crippen MR) is 105 cm³/mol. The summed E-state index contributed by atoms with van der Waals surface area (Å²) < 4.78 is 11.1. The van der Waals surface area contributed by atoms with E-state index in [1.54, 1.807) is 12.5 Å². The van der Waals surface area contributed by atoms with Crippen molar-refractivity contribution in [2.24, 2.45) is 0 Å². The van der Waals surface area contributed by atoms with E-state index >= 15 is 0 Å². The molecule has 4 rings (SSSR count). The van der Waals surface area contributed by atoms with Gasteiger partial charge in [0.05, 0.1) is 23.6 Å². The zero-order chi connectivity index (χ0) is 18.1. The molecular formula is C19H16N4O2S. The van der Waals surface area contributed by atoms with Crippen LogP contribution in [0.15, 0.2) is 63.8 Å². The topological polar surface area (TPSA) is 67.3 Å². The Kier molecular flexibility index (Phi) is 4.14. The number of aromatic nitrogens is 2. The average molecular weight is 364 g/mol. The molecule has 0 unspecified atom stereocenters. The molecule has 0 spiro atoms. The van der Waals surface area contributed by atoms with Gasteiger partial charge in [-0.3, -0.25) is 0 Å². The van der Waals surface area contributed by atoms with Gasteiger partial charge in [-0.25, -0.2) is 9.97 Å². The van der Waals surface area contributed by atoms with Crippen LogP contribution in [0.3, 0.4) is 0 Å². The summed E-state index contributed by atoms with van der Waals surface area (Å²) in [5, 5.41) is 3.80. The minimum absolute atomic E-state index is 0.621. The van der Waals surface area contributed by atoms with Gasteiger partial charge in [0.1, 0.15) is 11.4 Å². The highest BCUT2D eigenvalue weighted by Crippen LogP contribution is 2.32. The molecule has 0 bridgehead atoms. The number of furan rings is 2. The summed E-state index contributed by atoms with van der Waals surface area (Å²) in [5.74, 6) is 1.27. The standard InChI is InChI=1S/C19H16N4O2S/c1-23(2)19(26)20-12-7-8-13-14(11-12)22-18(16-6-4-10-25-16)17(21-13)15-5-3-9-24-15/h3-11H,1-2H3,(H,20,26). The minimum atomic E-state index is 0.621. The number of rotatable bonds is 3. The molecular weight excluding hydrogens is 348 g/mol. The normalized spacial score (nSPS) is 10.8. The predicted octanol–water partition coefficient (Wildman–Crippen LogP) is 4.41. The first-order chi connectivity index (χ1) is 12.6. The summed E-state index contributed by atoms with van der Waals surface area (Å²) in [6.45, 7) is 0. The highest BCUT2D eigenvalue weighted by atomic mass is 32.1. The van der Waals surface area contributed by atoms with E-state index in [1.165, 1.54) is 0 Å². The largest absolute Gasteiger partial charge is 0.463 e. The Hall–Kier alpha value is -3.19. The van der Waals surface area contributed by atoms with Gasteiger partial charge < -0.3 is 19.1 Å². The van der Waals surface area contributed by atoms with Crippen molar-refractivity contribution in [3.8, 4) is 22.9 Å². The maximum atomic E-state index is 5.55. The van der Waals surface area contributed by atoms with Gasteiger partial charge in [-0.05, 0) is 54.7 Å². The molecule has 0 aliphatic carbocycles. The van der Waals surface area contributed by atoms with Crippen molar-refractivity contribution in [2.45, 2.75) is 0 Å². The third-order valence-electron chi connectivity index (χ3n) is 3.83. The maximum Gasteiger partial charge on any atom is 0.172 e. The second kappa shape index (κ2) is 6.61. The highest BCUT2D eigenvalue weighted by molar-refractivity contribution is 7.80. The van der Waals surface area contributed by atoms with Crippen LogP contribution in [0.5, 0.6) is 0 Å². The van der Waals surface area contributed by atoms with Crippen molar-refractivity contribution < 1.29 is 8.83 Å². The number of hydrogen-bond donors (Lipinski definition) is 1. The van der Waals surface area contributed by atoms with Crippen LogP contribution in [0.2, 0.25) is 0 Å². The Morgan fingerprint density at radius 2 is 1.54 bits per heavy atom. The number of hydrogen-bond acceptors (Lipinski definition) is 5. The fourth-order valence-electron chi connectivity index (χ4n) is 2.54. The van der Waals surface area contributed by atoms with Crippen LogP contribution in [0, 0.1) is 0 Å². The second-order valence-electron chi connectivity index (χ2n) is 5.90. The highest BCUT2D eigenvalue weighted by Gasteiger charge is 2.17. The average Bonchev–Trinajstić information content (AvgIpc) is 3.34. The van der Waals surface area contributed by atoms with Gasteiger partial charge in [0.15, 0.2) is 16.6 Å². The summed E-state index contributed by atoms with van der Waals surface area (Å²) in [6.07, 6.45) is 3.23. The molecule has 0 saturated heterocycles. The van der Waals surface area contributed by atoms with E-state index in [-0.39, 0.29) is 0 Å². The van der Waals surface area contributed by atoms with Crippen LogP contribution < -0.4 is 5.32 Å². The second-order valence-corrected chi connectivity index (χ2v) is 6.29. The van der Waals surface area contributed by atoms with E-state index in [0.29, 0.717) is 28.0 Å². The van der Waals surface area contributed by atoms with Gasteiger partial charge in [-0.2, -0.15) is 0 Å². The smallest absolute Gasteiger partial charge is 0.172 e. The van der Waals surface area contributed by atoms with Crippen LogP contribution in [-0.4, -0.2) is 34.1 Å². The minimum Gasteiger partial charge on any atom is -0.463 e. The molecule has 130 valence electrons. The fourth-order valence-corrected chi connectivity index (χ4v) is 2.66. The van der Waals surface area contributed by atoms with E-state index in [2.05, 4.69) is 5.32 Å². The van der Waals surface area contributed by atoms with Gasteiger partial charge in [0.2, 0.25) is 0 Å². The van der Waals surface area contributed by atoms with E-state index in [9.17, 15) is 0 Å². The third kappa shape index (κ3) is 3.04. The van der Waals surface area contributed by atoms with E-state index in [0.717, 1.165) is 16.7 Å². The van der Waals surface area contributed by atoms with Gasteiger partial charge in [-0.15, -0.1) is 0 Å². The van der Waals surface area contributed by atoms with Gasteiger partial charge >= 0.3 is 0 Å². The lowest BCUT2D eigenvalue weighted by Gasteiger charge is -2.15. The lowest BCUT2D eigenvalue weighted by molar-refractivity contribution is 0.572. The molecule has 3 aromatic heterocycles. The van der Waals surface area contributed by atoms with Gasteiger partial charge in [-0.1, -0.05) is 0 Å². The SMILES string of the molecule is CN(C)C(=S)Nc1ccc2nc(-c3ccco3)c(-c3ccco3)nc2c1. The quantitative estimate of drug-likeness (QED) is 0.540. The summed E-state index contributed by atoms with van der Waals surface area (Å²) in [5.41, 5.74) is 3.61. The zero-order valence-electron chi connectivity index (χ0n) is 14.3.